The summed E-state index contributed by atoms with van der Waals surface area (Å²) >= 11 is 0. The van der Waals surface area contributed by atoms with Crippen LogP contribution in [0.3, 0.4) is 0 Å². The Labute approximate surface area is 135 Å². The second-order valence-corrected chi connectivity index (χ2v) is 4.93. The monoisotopic (exact) mass is 309 g/mol. The molecule has 0 saturated carbocycles. The van der Waals surface area contributed by atoms with Gasteiger partial charge in [0.25, 0.3) is 5.91 Å². The van der Waals surface area contributed by atoms with Gasteiger partial charge in [0.05, 0.1) is 22.6 Å². The summed E-state index contributed by atoms with van der Waals surface area (Å²) in [7, 11) is 1.55. The molecular formula is C17H19N5O. The van der Waals surface area contributed by atoms with Crippen molar-refractivity contribution in [3.8, 4) is 11.3 Å². The van der Waals surface area contributed by atoms with E-state index in [-0.39, 0.29) is 5.91 Å². The van der Waals surface area contributed by atoms with E-state index in [0.717, 1.165) is 0 Å². The Hall–Kier alpha value is -2.86. The molecule has 2 aromatic heterocycles. The number of carbonyl (C=O) groups is 1. The lowest BCUT2D eigenvalue weighted by atomic mass is 9.95. The highest BCUT2D eigenvalue weighted by atomic mass is 16.1. The summed E-state index contributed by atoms with van der Waals surface area (Å²) in [5.41, 5.74) is 8.98. The van der Waals surface area contributed by atoms with Gasteiger partial charge < -0.3 is 11.1 Å². The molecule has 0 aliphatic carbocycles. The lowest BCUT2D eigenvalue weighted by Crippen LogP contribution is -2.22. The first-order chi connectivity index (χ1) is 11.0. The highest BCUT2D eigenvalue weighted by Crippen LogP contribution is 2.36. The molecule has 0 aliphatic rings. The van der Waals surface area contributed by atoms with Crippen molar-refractivity contribution in [3.05, 3.63) is 47.9 Å². The number of carbonyl (C=O) groups excluding carboxylic acids is 1. The van der Waals surface area contributed by atoms with Crippen LogP contribution in [0.1, 0.15) is 34.7 Å². The molecule has 0 radical (unpaired) electrons. The van der Waals surface area contributed by atoms with E-state index in [4.69, 9.17) is 5.73 Å². The zero-order chi connectivity index (χ0) is 17.0. The second-order valence-electron chi connectivity index (χ2n) is 4.93. The SMILES string of the molecule is C=Cc1nc(C(C)N)c(-c2ccccn2)c(C(=O)NC)c1N=C. The first-order valence-electron chi connectivity index (χ1n) is 7.11. The molecule has 1 unspecified atom stereocenters. The van der Waals surface area contributed by atoms with Gasteiger partial charge in [0, 0.05) is 24.8 Å². The van der Waals surface area contributed by atoms with Crippen molar-refractivity contribution >= 4 is 24.4 Å². The van der Waals surface area contributed by atoms with Gasteiger partial charge >= 0.3 is 0 Å². The number of rotatable bonds is 5. The van der Waals surface area contributed by atoms with Crippen LogP contribution >= 0.6 is 0 Å². The number of amides is 1. The Morgan fingerprint density at radius 1 is 1.48 bits per heavy atom. The molecule has 0 fully saturated rings. The van der Waals surface area contributed by atoms with Crippen molar-refractivity contribution in [2.45, 2.75) is 13.0 Å². The van der Waals surface area contributed by atoms with Crippen molar-refractivity contribution < 1.29 is 4.79 Å². The van der Waals surface area contributed by atoms with Crippen molar-refractivity contribution in [2.24, 2.45) is 10.7 Å². The van der Waals surface area contributed by atoms with Crippen LogP contribution < -0.4 is 11.1 Å². The summed E-state index contributed by atoms with van der Waals surface area (Å²) in [6.45, 7) is 9.09. The number of hydrogen-bond acceptors (Lipinski definition) is 5. The van der Waals surface area contributed by atoms with Crippen molar-refractivity contribution in [1.82, 2.24) is 15.3 Å². The zero-order valence-corrected chi connectivity index (χ0v) is 13.2. The normalized spacial score (nSPS) is 11.6. The number of nitrogens with two attached hydrogens (primary N) is 1. The molecule has 0 aromatic carbocycles. The van der Waals surface area contributed by atoms with Gasteiger partial charge in [-0.2, -0.15) is 0 Å². The van der Waals surface area contributed by atoms with Crippen LogP contribution in [0, 0.1) is 0 Å². The molecule has 0 bridgehead atoms. The molecule has 6 nitrogen and oxygen atoms in total. The average molecular weight is 309 g/mol. The predicted molar refractivity (Wildman–Crippen MR) is 92.8 cm³/mol. The molecule has 1 atom stereocenters. The summed E-state index contributed by atoms with van der Waals surface area (Å²) < 4.78 is 0. The third kappa shape index (κ3) is 3.02. The lowest BCUT2D eigenvalue weighted by molar-refractivity contribution is 0.0964. The Morgan fingerprint density at radius 2 is 2.22 bits per heavy atom. The summed E-state index contributed by atoms with van der Waals surface area (Å²) in [5, 5.41) is 2.63. The number of pyridine rings is 2. The van der Waals surface area contributed by atoms with Crippen molar-refractivity contribution in [1.29, 1.82) is 0 Å². The number of hydrogen-bond donors (Lipinski definition) is 2. The van der Waals surface area contributed by atoms with Gasteiger partial charge in [-0.3, -0.25) is 14.8 Å². The molecule has 1 amide bonds. The zero-order valence-electron chi connectivity index (χ0n) is 13.2. The molecule has 2 aromatic rings. The molecule has 0 spiro atoms. The maximum atomic E-state index is 12.5. The van der Waals surface area contributed by atoms with Crippen LogP contribution in [-0.2, 0) is 0 Å². The second kappa shape index (κ2) is 6.93. The first-order valence-corrected chi connectivity index (χ1v) is 7.11. The molecular weight excluding hydrogens is 290 g/mol. The Kier molecular flexibility index (Phi) is 4.98. The molecule has 2 rings (SSSR count). The summed E-state index contributed by atoms with van der Waals surface area (Å²) in [4.78, 5) is 25.3. The highest BCUT2D eigenvalue weighted by Gasteiger charge is 2.25. The van der Waals surface area contributed by atoms with Crippen LogP contribution in [0.2, 0.25) is 0 Å². The lowest BCUT2D eigenvalue weighted by Gasteiger charge is -2.19. The van der Waals surface area contributed by atoms with Crippen LogP contribution in [0.4, 0.5) is 5.69 Å². The van der Waals surface area contributed by atoms with Crippen LogP contribution in [0.25, 0.3) is 17.3 Å². The van der Waals surface area contributed by atoms with E-state index < -0.39 is 6.04 Å². The fourth-order valence-electron chi connectivity index (χ4n) is 2.36. The number of nitrogens with zero attached hydrogens (tertiary/aromatic N) is 3. The van der Waals surface area contributed by atoms with Crippen LogP contribution in [-0.4, -0.2) is 29.6 Å². The number of aromatic nitrogens is 2. The molecule has 2 heterocycles. The van der Waals surface area contributed by atoms with Gasteiger partial charge in [-0.15, -0.1) is 0 Å². The summed E-state index contributed by atoms with van der Waals surface area (Å²) in [5.74, 6) is -0.305. The minimum atomic E-state index is -0.395. The van der Waals surface area contributed by atoms with E-state index in [1.807, 2.05) is 6.07 Å². The minimum absolute atomic E-state index is 0.305. The minimum Gasteiger partial charge on any atom is -0.355 e. The quantitative estimate of drug-likeness (QED) is 0.830. The Morgan fingerprint density at radius 3 is 2.70 bits per heavy atom. The first kappa shape index (κ1) is 16.5. The third-order valence-corrected chi connectivity index (χ3v) is 3.38. The van der Waals surface area contributed by atoms with Crippen LogP contribution in [0.5, 0.6) is 0 Å². The fourth-order valence-corrected chi connectivity index (χ4v) is 2.36. The maximum absolute atomic E-state index is 12.5. The molecule has 23 heavy (non-hydrogen) atoms. The van der Waals surface area contributed by atoms with Crippen molar-refractivity contribution in [2.75, 3.05) is 7.05 Å². The Balaban J connectivity index is 2.98. The van der Waals surface area contributed by atoms with E-state index in [0.29, 0.717) is 33.9 Å². The predicted octanol–water partition coefficient (Wildman–Crippen LogP) is 2.50. The number of aliphatic imine (C=N–C) groups is 1. The third-order valence-electron chi connectivity index (χ3n) is 3.38. The molecule has 0 aliphatic heterocycles. The van der Waals surface area contributed by atoms with Crippen molar-refractivity contribution in [3.63, 3.8) is 0 Å². The summed E-state index contributed by atoms with van der Waals surface area (Å²) in [6.07, 6.45) is 3.18. The highest BCUT2D eigenvalue weighted by molar-refractivity contribution is 6.06. The molecule has 0 saturated heterocycles. The van der Waals surface area contributed by atoms with Gasteiger partial charge in [-0.25, -0.2) is 4.98 Å². The standard InChI is InChI=1S/C17H19N5O/c1-5-11-16(19-3)14(17(23)20-4)13(15(22-11)10(2)18)12-8-6-7-9-21-12/h5-10H,1,3,18H2,2,4H3,(H,20,23). The van der Waals surface area contributed by atoms with E-state index in [2.05, 4.69) is 33.6 Å². The smallest absolute Gasteiger partial charge is 0.254 e. The summed E-state index contributed by atoms with van der Waals surface area (Å²) in [6, 6.07) is 5.04. The maximum Gasteiger partial charge on any atom is 0.254 e. The van der Waals surface area contributed by atoms with Gasteiger partial charge in [-0.1, -0.05) is 12.6 Å². The largest absolute Gasteiger partial charge is 0.355 e. The van der Waals surface area contributed by atoms with E-state index in [1.54, 1.807) is 32.3 Å². The average Bonchev–Trinajstić information content (AvgIpc) is 2.59. The fraction of sp³-hybridized carbons (Fsp3) is 0.176. The molecule has 6 heteroatoms. The van der Waals surface area contributed by atoms with Crippen LogP contribution in [0.15, 0.2) is 36.0 Å². The van der Waals surface area contributed by atoms with Gasteiger partial charge in [0.15, 0.2) is 0 Å². The van der Waals surface area contributed by atoms with Gasteiger partial charge in [0.1, 0.15) is 5.69 Å². The van der Waals surface area contributed by atoms with Gasteiger partial charge in [0.2, 0.25) is 0 Å². The van der Waals surface area contributed by atoms with E-state index in [1.165, 1.54) is 6.08 Å². The van der Waals surface area contributed by atoms with E-state index in [9.17, 15) is 4.79 Å². The Bertz CT molecular complexity index is 753. The number of nitrogens with one attached hydrogen (secondary N) is 1. The van der Waals surface area contributed by atoms with Gasteiger partial charge in [-0.05, 0) is 31.9 Å². The molecule has 3 N–H and O–H groups in total. The van der Waals surface area contributed by atoms with E-state index >= 15 is 0 Å². The molecule has 118 valence electrons. The topological polar surface area (TPSA) is 93.3 Å².